The van der Waals surface area contributed by atoms with Crippen LogP contribution < -0.4 is 14.8 Å². The van der Waals surface area contributed by atoms with Crippen LogP contribution in [0.1, 0.15) is 31.4 Å². The van der Waals surface area contributed by atoms with E-state index in [2.05, 4.69) is 10.0 Å². The van der Waals surface area contributed by atoms with Gasteiger partial charge < -0.3 is 10.1 Å². The third-order valence-corrected chi connectivity index (χ3v) is 5.75. The van der Waals surface area contributed by atoms with Crippen LogP contribution in [0, 0.1) is 19.8 Å². The van der Waals surface area contributed by atoms with Crippen LogP contribution in [-0.2, 0) is 14.8 Å². The molecule has 0 spiro atoms. The monoisotopic (exact) mass is 404 g/mol. The Morgan fingerprint density at radius 1 is 1.04 bits per heavy atom. The van der Waals surface area contributed by atoms with Crippen molar-refractivity contribution in [1.82, 2.24) is 4.72 Å². The maximum atomic E-state index is 12.9. The molecule has 152 valence electrons. The van der Waals surface area contributed by atoms with Crippen molar-refractivity contribution in [2.45, 2.75) is 45.1 Å². The van der Waals surface area contributed by atoms with E-state index < -0.39 is 22.0 Å². The summed E-state index contributed by atoms with van der Waals surface area (Å²) < 4.78 is 33.3. The first-order valence-electron chi connectivity index (χ1n) is 9.17. The zero-order chi connectivity index (χ0) is 20.9. The molecule has 0 heterocycles. The number of nitrogens with one attached hydrogen (secondary N) is 2. The van der Waals surface area contributed by atoms with Gasteiger partial charge in [-0.25, -0.2) is 8.42 Å². The number of ether oxygens (including phenoxy) is 1. The van der Waals surface area contributed by atoms with E-state index in [4.69, 9.17) is 4.74 Å². The first kappa shape index (κ1) is 21.9. The lowest BCUT2D eigenvalue weighted by atomic mass is 10.0. The van der Waals surface area contributed by atoms with E-state index in [9.17, 15) is 13.2 Å². The molecule has 2 rings (SSSR count). The fourth-order valence-electron chi connectivity index (χ4n) is 2.79. The minimum absolute atomic E-state index is 0.121. The summed E-state index contributed by atoms with van der Waals surface area (Å²) in [6, 6.07) is 11.0. The second-order valence-corrected chi connectivity index (χ2v) is 9.02. The number of rotatable bonds is 8. The van der Waals surface area contributed by atoms with Crippen molar-refractivity contribution in [2.24, 2.45) is 5.92 Å². The van der Waals surface area contributed by atoms with Gasteiger partial charge in [-0.1, -0.05) is 37.6 Å². The highest BCUT2D eigenvalue weighted by atomic mass is 32.2. The zero-order valence-electron chi connectivity index (χ0n) is 16.9. The molecule has 0 saturated carbocycles. The number of carbonyl (C=O) groups excluding carboxylic acids is 1. The van der Waals surface area contributed by atoms with Gasteiger partial charge in [0.25, 0.3) is 0 Å². The number of amides is 1. The molecule has 0 saturated heterocycles. The SMILES string of the molecule is COc1ccc(C)cc1NC(=O)[C@H](CC(C)C)NS(=O)(=O)c1ccc(C)cc1. The molecule has 2 aromatic rings. The molecule has 0 fully saturated rings. The Bertz CT molecular complexity index is 922. The fraction of sp³-hybridized carbons (Fsp3) is 0.381. The van der Waals surface area contributed by atoms with Crippen molar-refractivity contribution < 1.29 is 17.9 Å². The number of hydrogen-bond acceptors (Lipinski definition) is 4. The molecule has 1 amide bonds. The molecule has 0 aliphatic rings. The molecular weight excluding hydrogens is 376 g/mol. The van der Waals surface area contributed by atoms with Gasteiger partial charge in [0.15, 0.2) is 0 Å². The van der Waals surface area contributed by atoms with Gasteiger partial charge in [0.1, 0.15) is 11.8 Å². The first-order valence-corrected chi connectivity index (χ1v) is 10.6. The van der Waals surface area contributed by atoms with E-state index in [-0.39, 0.29) is 10.8 Å². The summed E-state index contributed by atoms with van der Waals surface area (Å²) in [5.41, 5.74) is 2.43. The number of sulfonamides is 1. The first-order chi connectivity index (χ1) is 13.1. The second kappa shape index (κ2) is 9.21. The Morgan fingerprint density at radius 3 is 2.21 bits per heavy atom. The summed E-state index contributed by atoms with van der Waals surface area (Å²) in [5.74, 6) is 0.216. The number of methoxy groups -OCH3 is 1. The Kier molecular flexibility index (Phi) is 7.21. The van der Waals surface area contributed by atoms with Gasteiger partial charge in [0.05, 0.1) is 17.7 Å². The molecule has 0 aliphatic heterocycles. The standard InChI is InChI=1S/C21H28N2O4S/c1-14(2)12-19(23-28(25,26)17-9-6-15(3)7-10-17)21(24)22-18-13-16(4)8-11-20(18)27-5/h6-11,13-14,19,23H,12H2,1-5H3,(H,22,24)/t19-/m0/s1. The topological polar surface area (TPSA) is 84.5 Å². The van der Waals surface area contributed by atoms with Crippen LogP contribution in [-0.4, -0.2) is 27.5 Å². The van der Waals surface area contributed by atoms with Gasteiger partial charge in [-0.2, -0.15) is 4.72 Å². The average molecular weight is 405 g/mol. The van der Waals surface area contributed by atoms with Crippen molar-refractivity contribution >= 4 is 21.6 Å². The highest BCUT2D eigenvalue weighted by Gasteiger charge is 2.27. The largest absolute Gasteiger partial charge is 0.495 e. The van der Waals surface area contributed by atoms with E-state index in [1.54, 1.807) is 24.3 Å². The molecule has 0 aliphatic carbocycles. The van der Waals surface area contributed by atoms with Crippen molar-refractivity contribution in [3.8, 4) is 5.75 Å². The average Bonchev–Trinajstić information content (AvgIpc) is 2.61. The third kappa shape index (κ3) is 5.81. The van der Waals surface area contributed by atoms with E-state index in [0.29, 0.717) is 17.9 Å². The van der Waals surface area contributed by atoms with E-state index >= 15 is 0 Å². The summed E-state index contributed by atoms with van der Waals surface area (Å²) in [7, 11) is -2.31. The van der Waals surface area contributed by atoms with E-state index in [1.165, 1.54) is 19.2 Å². The van der Waals surface area contributed by atoms with Crippen molar-refractivity contribution in [3.05, 3.63) is 53.6 Å². The molecule has 2 aromatic carbocycles. The number of carbonyl (C=O) groups is 1. The maximum absolute atomic E-state index is 12.9. The molecular formula is C21H28N2O4S. The molecule has 28 heavy (non-hydrogen) atoms. The number of anilines is 1. The molecule has 1 atom stereocenters. The lowest BCUT2D eigenvalue weighted by Gasteiger charge is -2.21. The molecule has 0 bridgehead atoms. The number of hydrogen-bond donors (Lipinski definition) is 2. The molecule has 0 aromatic heterocycles. The summed E-state index contributed by atoms with van der Waals surface area (Å²) in [5, 5.41) is 2.80. The number of aryl methyl sites for hydroxylation is 2. The molecule has 0 unspecified atom stereocenters. The minimum Gasteiger partial charge on any atom is -0.495 e. The Balaban J connectivity index is 2.26. The minimum atomic E-state index is -3.83. The van der Waals surface area contributed by atoms with Crippen LogP contribution >= 0.6 is 0 Å². The van der Waals surface area contributed by atoms with Crippen LogP contribution in [0.15, 0.2) is 47.4 Å². The quantitative estimate of drug-likeness (QED) is 0.703. The molecule has 0 radical (unpaired) electrons. The Labute approximate surface area is 167 Å². The van der Waals surface area contributed by atoms with E-state index in [1.807, 2.05) is 33.8 Å². The lowest BCUT2D eigenvalue weighted by Crippen LogP contribution is -2.44. The van der Waals surface area contributed by atoms with Crippen LogP contribution in [0.3, 0.4) is 0 Å². The third-order valence-electron chi connectivity index (χ3n) is 4.27. The predicted molar refractivity (Wildman–Crippen MR) is 111 cm³/mol. The summed E-state index contributed by atoms with van der Waals surface area (Å²) in [6.07, 6.45) is 0.366. The molecule has 2 N–H and O–H groups in total. The van der Waals surface area contributed by atoms with Crippen molar-refractivity contribution in [3.63, 3.8) is 0 Å². The summed E-state index contributed by atoms with van der Waals surface area (Å²) >= 11 is 0. The van der Waals surface area contributed by atoms with Gasteiger partial charge in [-0.05, 0) is 56.0 Å². The highest BCUT2D eigenvalue weighted by Crippen LogP contribution is 2.26. The Hall–Kier alpha value is -2.38. The molecule has 6 nitrogen and oxygen atoms in total. The predicted octanol–water partition coefficient (Wildman–Crippen LogP) is 3.64. The lowest BCUT2D eigenvalue weighted by molar-refractivity contribution is -0.118. The summed E-state index contributed by atoms with van der Waals surface area (Å²) in [4.78, 5) is 13.0. The van der Waals surface area contributed by atoms with Crippen LogP contribution in [0.2, 0.25) is 0 Å². The maximum Gasteiger partial charge on any atom is 0.242 e. The highest BCUT2D eigenvalue weighted by molar-refractivity contribution is 7.89. The van der Waals surface area contributed by atoms with Crippen LogP contribution in [0.5, 0.6) is 5.75 Å². The summed E-state index contributed by atoms with van der Waals surface area (Å²) in [6.45, 7) is 7.66. The zero-order valence-corrected chi connectivity index (χ0v) is 17.8. The number of benzene rings is 2. The van der Waals surface area contributed by atoms with Gasteiger partial charge in [-0.3, -0.25) is 4.79 Å². The van der Waals surface area contributed by atoms with Gasteiger partial charge in [0, 0.05) is 0 Å². The van der Waals surface area contributed by atoms with Gasteiger partial charge in [0.2, 0.25) is 15.9 Å². The normalized spacial score (nSPS) is 12.6. The Morgan fingerprint density at radius 2 is 1.64 bits per heavy atom. The van der Waals surface area contributed by atoms with Crippen molar-refractivity contribution in [2.75, 3.05) is 12.4 Å². The van der Waals surface area contributed by atoms with Gasteiger partial charge >= 0.3 is 0 Å². The van der Waals surface area contributed by atoms with Crippen LogP contribution in [0.4, 0.5) is 5.69 Å². The van der Waals surface area contributed by atoms with Gasteiger partial charge in [-0.15, -0.1) is 0 Å². The van der Waals surface area contributed by atoms with Crippen LogP contribution in [0.25, 0.3) is 0 Å². The second-order valence-electron chi connectivity index (χ2n) is 7.31. The smallest absolute Gasteiger partial charge is 0.242 e. The van der Waals surface area contributed by atoms with E-state index in [0.717, 1.165) is 11.1 Å². The van der Waals surface area contributed by atoms with Crippen molar-refractivity contribution in [1.29, 1.82) is 0 Å². The molecule has 7 heteroatoms. The fourth-order valence-corrected chi connectivity index (χ4v) is 4.00.